The largest absolute Gasteiger partial charge is 0.465 e. The molecule has 10 heteroatoms. The van der Waals surface area contributed by atoms with E-state index in [1.54, 1.807) is 0 Å². The minimum Gasteiger partial charge on any atom is -0.465 e. The fourth-order valence-corrected chi connectivity index (χ4v) is 9.79. The molecule has 1 saturated heterocycles. The van der Waals surface area contributed by atoms with Gasteiger partial charge in [0.25, 0.3) is 0 Å². The third-order valence-corrected chi connectivity index (χ3v) is 14.6. The molecule has 0 amide bonds. The first-order valence-corrected chi connectivity index (χ1v) is 28.7. The van der Waals surface area contributed by atoms with Gasteiger partial charge in [0.05, 0.1) is 37.1 Å². The molecule has 400 valence electrons. The van der Waals surface area contributed by atoms with Crippen molar-refractivity contribution < 1.29 is 38.1 Å². The molecule has 1 unspecified atom stereocenters. The molecule has 0 radical (unpaired) electrons. The third kappa shape index (κ3) is 31.2. The van der Waals surface area contributed by atoms with Crippen molar-refractivity contribution in [3.05, 3.63) is 0 Å². The van der Waals surface area contributed by atoms with Gasteiger partial charge < -0.3 is 23.8 Å². The van der Waals surface area contributed by atoms with Gasteiger partial charge in [0.2, 0.25) is 0 Å². The highest BCUT2D eigenvalue weighted by atomic mass is 16.6. The van der Waals surface area contributed by atoms with Gasteiger partial charge in [0.1, 0.15) is 12.1 Å². The number of rotatable bonds is 45. The maximum atomic E-state index is 13.5. The number of carbonyl (C=O) groups excluding carboxylic acids is 4. The van der Waals surface area contributed by atoms with Crippen LogP contribution in [-0.2, 0) is 38.1 Å². The molecule has 0 bridgehead atoms. The summed E-state index contributed by atoms with van der Waals surface area (Å²) in [5.74, 6) is 0.846. The van der Waals surface area contributed by atoms with E-state index >= 15 is 0 Å². The van der Waals surface area contributed by atoms with Crippen LogP contribution in [0.3, 0.4) is 0 Å². The minimum absolute atomic E-state index is 0.0865. The molecule has 10 nitrogen and oxygen atoms in total. The van der Waals surface area contributed by atoms with Gasteiger partial charge in [-0.15, -0.1) is 0 Å². The van der Waals surface area contributed by atoms with Crippen molar-refractivity contribution in [1.82, 2.24) is 9.80 Å². The smallest absolute Gasteiger partial charge is 0.323 e. The quantitative estimate of drug-likeness (QED) is 0.0332. The van der Waals surface area contributed by atoms with Gasteiger partial charge in [-0.25, -0.2) is 0 Å². The molecule has 2 atom stereocenters. The Kier molecular flexibility index (Phi) is 37.0. The number of hydrogen-bond acceptors (Lipinski definition) is 10. The third-order valence-electron chi connectivity index (χ3n) is 14.6. The average Bonchev–Trinajstić information content (AvgIpc) is 3.70. The molecule has 1 heterocycles. The molecule has 0 aromatic carbocycles. The Balaban J connectivity index is 2.50. The lowest BCUT2D eigenvalue weighted by molar-refractivity contribution is -0.155. The molecule has 1 aliphatic rings. The van der Waals surface area contributed by atoms with Crippen molar-refractivity contribution in [3.8, 4) is 0 Å². The summed E-state index contributed by atoms with van der Waals surface area (Å²) in [4.78, 5) is 56.3. The number of ether oxygens (including phenoxy) is 4. The predicted molar refractivity (Wildman–Crippen MR) is 282 cm³/mol. The predicted octanol–water partition coefficient (Wildman–Crippen LogP) is 14.6. The normalized spacial score (nSPS) is 15.7. The van der Waals surface area contributed by atoms with Crippen LogP contribution in [0.1, 0.15) is 261 Å². The molecule has 0 saturated carbocycles. The number of unbranched alkanes of at least 4 members (excludes halogenated alkanes) is 14. The second kappa shape index (κ2) is 39.4. The molecule has 0 aromatic heterocycles. The maximum Gasteiger partial charge on any atom is 0.323 e. The van der Waals surface area contributed by atoms with Crippen LogP contribution < -0.4 is 0 Å². The molecule has 68 heavy (non-hydrogen) atoms. The Hall–Kier alpha value is -2.20. The SMILES string of the molecule is CCCCCC(CCCCC)CCCOC(=O)C(C)(C)CCCCCCOC(=O)[C@@H]1CC(OC(=O)CCN(C)C)CN1CCCCCCC(C)(C)C(=O)OCCCC(CCCCC)CCCCC. The minimum atomic E-state index is -0.512. The van der Waals surface area contributed by atoms with Crippen molar-refractivity contribution in [3.63, 3.8) is 0 Å². The van der Waals surface area contributed by atoms with Crippen molar-refractivity contribution in [2.45, 2.75) is 273 Å². The number of esters is 4. The Morgan fingerprint density at radius 1 is 0.529 bits per heavy atom. The monoisotopic (exact) mass is 963 g/mol. The van der Waals surface area contributed by atoms with Gasteiger partial charge in [-0.3, -0.25) is 24.1 Å². The Morgan fingerprint density at radius 3 is 1.38 bits per heavy atom. The second-order valence-electron chi connectivity index (χ2n) is 22.4. The Morgan fingerprint density at radius 2 is 0.941 bits per heavy atom. The summed E-state index contributed by atoms with van der Waals surface area (Å²) in [6.07, 6.45) is 34.3. The standard InChI is InChI=1S/C58H110N2O8/c1-11-15-23-33-49(34-24-16-12-2)37-31-45-66-55(63)57(5,6)40-27-19-21-29-42-60-48-51(68-53(61)39-43-59(9)10)47-52(60)54(62)65-44-30-22-20-28-41-58(7,8)56(64)67-46-32-38-50(35-25-17-13-3)36-26-18-14-4/h49-52H,11-48H2,1-10H3/t51?,52-/m0/s1. The zero-order valence-electron chi connectivity index (χ0n) is 46.3. The zero-order chi connectivity index (χ0) is 50.5. The Labute approximate surface area is 419 Å². The highest BCUT2D eigenvalue weighted by Crippen LogP contribution is 2.30. The summed E-state index contributed by atoms with van der Waals surface area (Å²) in [7, 11) is 3.87. The van der Waals surface area contributed by atoms with E-state index in [0.717, 1.165) is 108 Å². The number of hydrogen-bond donors (Lipinski definition) is 0. The van der Waals surface area contributed by atoms with Crippen LogP contribution in [0.2, 0.25) is 0 Å². The molecule has 1 fully saturated rings. The van der Waals surface area contributed by atoms with Gasteiger partial charge >= 0.3 is 23.9 Å². The van der Waals surface area contributed by atoms with Gasteiger partial charge in [0, 0.05) is 19.5 Å². The number of likely N-dealkylation sites (tertiary alicyclic amines) is 1. The summed E-state index contributed by atoms with van der Waals surface area (Å²) in [5, 5.41) is 0. The van der Waals surface area contributed by atoms with Crippen LogP contribution in [0.25, 0.3) is 0 Å². The van der Waals surface area contributed by atoms with Crippen molar-refractivity contribution in [2.24, 2.45) is 22.7 Å². The van der Waals surface area contributed by atoms with Crippen molar-refractivity contribution in [1.29, 1.82) is 0 Å². The summed E-state index contributed by atoms with van der Waals surface area (Å²) in [6.45, 7) is 20.3. The first-order chi connectivity index (χ1) is 32.6. The van der Waals surface area contributed by atoms with Gasteiger partial charge in [-0.2, -0.15) is 0 Å². The second-order valence-corrected chi connectivity index (χ2v) is 22.4. The van der Waals surface area contributed by atoms with Crippen LogP contribution in [0, 0.1) is 22.7 Å². The van der Waals surface area contributed by atoms with E-state index in [9.17, 15) is 19.2 Å². The van der Waals surface area contributed by atoms with E-state index in [-0.39, 0.29) is 30.0 Å². The highest BCUT2D eigenvalue weighted by molar-refractivity contribution is 5.77. The molecular formula is C58H110N2O8. The summed E-state index contributed by atoms with van der Waals surface area (Å²) >= 11 is 0. The zero-order valence-corrected chi connectivity index (χ0v) is 46.3. The molecule has 0 aromatic rings. The summed E-state index contributed by atoms with van der Waals surface area (Å²) in [6, 6.07) is -0.432. The fourth-order valence-electron chi connectivity index (χ4n) is 9.79. The van der Waals surface area contributed by atoms with Gasteiger partial charge in [-0.1, -0.05) is 169 Å². The molecule has 1 rings (SSSR count). The lowest BCUT2D eigenvalue weighted by Gasteiger charge is -2.24. The van der Waals surface area contributed by atoms with Crippen molar-refractivity contribution >= 4 is 23.9 Å². The molecule has 0 spiro atoms. The maximum absolute atomic E-state index is 13.5. The number of carbonyl (C=O) groups is 4. The van der Waals surface area contributed by atoms with Crippen LogP contribution in [0.15, 0.2) is 0 Å². The highest BCUT2D eigenvalue weighted by Gasteiger charge is 2.39. The topological polar surface area (TPSA) is 112 Å². The lowest BCUT2D eigenvalue weighted by atomic mass is 9.87. The first-order valence-electron chi connectivity index (χ1n) is 28.7. The van der Waals surface area contributed by atoms with E-state index in [1.165, 1.54) is 103 Å². The number of nitrogens with zero attached hydrogens (tertiary/aromatic N) is 2. The lowest BCUT2D eigenvalue weighted by Crippen LogP contribution is -2.38. The van der Waals surface area contributed by atoms with Crippen LogP contribution in [0.5, 0.6) is 0 Å². The average molecular weight is 964 g/mol. The van der Waals surface area contributed by atoms with Gasteiger partial charge in [-0.05, 0) is 112 Å². The summed E-state index contributed by atoms with van der Waals surface area (Å²) < 4.78 is 23.3. The summed E-state index contributed by atoms with van der Waals surface area (Å²) in [5.41, 5.74) is -1.02. The van der Waals surface area contributed by atoms with Crippen LogP contribution in [0.4, 0.5) is 0 Å². The molecule has 0 aliphatic carbocycles. The van der Waals surface area contributed by atoms with Crippen LogP contribution >= 0.6 is 0 Å². The van der Waals surface area contributed by atoms with Crippen molar-refractivity contribution in [2.75, 3.05) is 53.6 Å². The fraction of sp³-hybridized carbons (Fsp3) is 0.931. The van der Waals surface area contributed by atoms with E-state index in [2.05, 4.69) is 32.6 Å². The van der Waals surface area contributed by atoms with Gasteiger partial charge in [0.15, 0.2) is 0 Å². The molecular weight excluding hydrogens is 853 g/mol. The molecule has 0 N–H and O–H groups in total. The first kappa shape index (κ1) is 63.8. The Bertz CT molecular complexity index is 1270. The molecule has 1 aliphatic heterocycles. The van der Waals surface area contributed by atoms with Crippen LogP contribution in [-0.4, -0.2) is 99.4 Å². The van der Waals surface area contributed by atoms with E-state index in [1.807, 2.05) is 46.7 Å². The van der Waals surface area contributed by atoms with E-state index in [4.69, 9.17) is 18.9 Å². The van der Waals surface area contributed by atoms with E-state index < -0.39 is 16.9 Å². The van der Waals surface area contributed by atoms with E-state index in [0.29, 0.717) is 45.8 Å².